The Morgan fingerprint density at radius 1 is 1.50 bits per heavy atom. The fraction of sp³-hybridized carbons (Fsp3) is 0.286. The summed E-state index contributed by atoms with van der Waals surface area (Å²) in [6.07, 6.45) is -2.47. The van der Waals surface area contributed by atoms with Crippen molar-refractivity contribution in [2.45, 2.75) is 11.3 Å². The molecule has 16 heavy (non-hydrogen) atoms. The van der Waals surface area contributed by atoms with Gasteiger partial charge in [0.15, 0.2) is 0 Å². The molecule has 0 aromatic carbocycles. The summed E-state index contributed by atoms with van der Waals surface area (Å²) in [5.41, 5.74) is -2.44. The van der Waals surface area contributed by atoms with Crippen LogP contribution in [0.5, 0.6) is 5.88 Å². The minimum Gasteiger partial charge on any atom is -0.482 e. The molecule has 0 unspecified atom stereocenters. The number of nitrogens with one attached hydrogen (secondary N) is 1. The molecule has 0 fully saturated rings. The van der Waals surface area contributed by atoms with E-state index in [1.807, 2.05) is 0 Å². The highest BCUT2D eigenvalue weighted by Crippen LogP contribution is 2.25. The maximum absolute atomic E-state index is 12.5. The highest BCUT2D eigenvalue weighted by Gasteiger charge is 2.25. The number of pyridine rings is 1. The summed E-state index contributed by atoms with van der Waals surface area (Å²) in [5.74, 6) is -0.496. The Bertz CT molecular complexity index is 554. The second-order valence-electron chi connectivity index (χ2n) is 2.67. The molecule has 0 atom stereocenters. The topological polar surface area (TPSA) is 76.2 Å². The van der Waals surface area contributed by atoms with Crippen molar-refractivity contribution in [2.24, 2.45) is 0 Å². The molecule has 90 valence electrons. The zero-order chi connectivity index (χ0) is 12.5. The second kappa shape index (κ2) is 4.38. The van der Waals surface area contributed by atoms with Crippen molar-refractivity contribution >= 4 is 19.7 Å². The zero-order valence-electron chi connectivity index (χ0n) is 7.83. The van der Waals surface area contributed by atoms with Crippen molar-refractivity contribution in [3.63, 3.8) is 0 Å². The van der Waals surface area contributed by atoms with E-state index in [1.165, 1.54) is 0 Å². The van der Waals surface area contributed by atoms with Crippen LogP contribution < -0.4 is 10.2 Å². The third-order valence-electron chi connectivity index (χ3n) is 1.73. The van der Waals surface area contributed by atoms with Gasteiger partial charge in [-0.25, -0.2) is 17.2 Å². The Hall–Kier alpha value is -1.15. The Morgan fingerprint density at radius 3 is 2.44 bits per heavy atom. The monoisotopic (exact) mass is 273 g/mol. The molecule has 0 aliphatic rings. The number of aromatic nitrogens is 1. The first-order valence-electron chi connectivity index (χ1n) is 3.81. The first kappa shape index (κ1) is 12.9. The van der Waals surface area contributed by atoms with Crippen molar-refractivity contribution in [3.8, 4) is 5.88 Å². The van der Waals surface area contributed by atoms with E-state index in [0.29, 0.717) is 6.20 Å². The van der Waals surface area contributed by atoms with E-state index >= 15 is 0 Å². The molecule has 1 aromatic heterocycles. The van der Waals surface area contributed by atoms with E-state index in [2.05, 4.69) is 9.72 Å². The molecule has 0 aliphatic heterocycles. The number of rotatable bonds is 3. The van der Waals surface area contributed by atoms with Gasteiger partial charge in [0.1, 0.15) is 10.5 Å². The number of ether oxygens (including phenoxy) is 1. The average molecular weight is 274 g/mol. The standard InChI is InChI=1S/C7H6ClF2NO4S/c1-15-7-4(6(9)10)5(12)3(2-11-7)16(8,13)14/h2,6H,1H3,(H,11,12). The van der Waals surface area contributed by atoms with Gasteiger partial charge in [-0.15, -0.1) is 0 Å². The van der Waals surface area contributed by atoms with Gasteiger partial charge in [0.2, 0.25) is 11.3 Å². The number of H-pyrrole nitrogens is 1. The summed E-state index contributed by atoms with van der Waals surface area (Å²) >= 11 is 0. The molecule has 0 amide bonds. The highest BCUT2D eigenvalue weighted by atomic mass is 35.7. The SMILES string of the molecule is COc1[nH]cc(S(=O)(=O)Cl)c(=O)c1C(F)F. The Balaban J connectivity index is 3.64. The predicted octanol–water partition coefficient (Wildman–Crippen LogP) is 1.25. The van der Waals surface area contributed by atoms with Crippen LogP contribution in [0, 0.1) is 0 Å². The highest BCUT2D eigenvalue weighted by molar-refractivity contribution is 8.13. The molecular formula is C7H6ClF2NO4S. The van der Waals surface area contributed by atoms with Crippen LogP contribution in [-0.2, 0) is 9.05 Å². The number of hydrogen-bond donors (Lipinski definition) is 1. The van der Waals surface area contributed by atoms with Crippen LogP contribution >= 0.6 is 10.7 Å². The minimum absolute atomic E-state index is 0.496. The molecule has 0 saturated heterocycles. The van der Waals surface area contributed by atoms with Crippen LogP contribution in [0.4, 0.5) is 8.78 Å². The number of aromatic amines is 1. The van der Waals surface area contributed by atoms with Crippen LogP contribution in [0.1, 0.15) is 12.0 Å². The largest absolute Gasteiger partial charge is 0.482 e. The number of halogens is 3. The van der Waals surface area contributed by atoms with Gasteiger partial charge in [0.05, 0.1) is 7.11 Å². The van der Waals surface area contributed by atoms with E-state index < -0.39 is 37.2 Å². The Kier molecular flexibility index (Phi) is 3.54. The first-order chi connectivity index (χ1) is 7.29. The third-order valence-corrected chi connectivity index (χ3v) is 3.06. The summed E-state index contributed by atoms with van der Waals surface area (Å²) in [5, 5.41) is 0. The fourth-order valence-electron chi connectivity index (χ4n) is 1.06. The van der Waals surface area contributed by atoms with Gasteiger partial charge < -0.3 is 9.72 Å². The van der Waals surface area contributed by atoms with Gasteiger partial charge in [-0.2, -0.15) is 0 Å². The molecule has 5 nitrogen and oxygen atoms in total. The van der Waals surface area contributed by atoms with Crippen LogP contribution in [0.15, 0.2) is 15.9 Å². The minimum atomic E-state index is -4.37. The van der Waals surface area contributed by atoms with Gasteiger partial charge >= 0.3 is 0 Å². The van der Waals surface area contributed by atoms with Crippen molar-refractivity contribution in [3.05, 3.63) is 22.0 Å². The molecule has 1 aromatic rings. The van der Waals surface area contributed by atoms with Crippen LogP contribution in [0.2, 0.25) is 0 Å². The van der Waals surface area contributed by atoms with Crippen molar-refractivity contribution in [1.82, 2.24) is 4.98 Å². The van der Waals surface area contributed by atoms with Gasteiger partial charge in [-0.3, -0.25) is 4.79 Å². The van der Waals surface area contributed by atoms with Gasteiger partial charge in [0.25, 0.3) is 15.5 Å². The second-order valence-corrected chi connectivity index (χ2v) is 5.20. The van der Waals surface area contributed by atoms with Crippen LogP contribution in [0.3, 0.4) is 0 Å². The van der Waals surface area contributed by atoms with E-state index in [-0.39, 0.29) is 0 Å². The lowest BCUT2D eigenvalue weighted by atomic mass is 10.2. The average Bonchev–Trinajstić information content (AvgIpc) is 2.14. The molecule has 1 heterocycles. The molecule has 0 radical (unpaired) electrons. The first-order valence-corrected chi connectivity index (χ1v) is 6.12. The zero-order valence-corrected chi connectivity index (χ0v) is 9.40. The van der Waals surface area contributed by atoms with Gasteiger partial charge in [-0.1, -0.05) is 0 Å². The molecule has 1 rings (SSSR count). The van der Waals surface area contributed by atoms with Crippen LogP contribution in [-0.4, -0.2) is 20.5 Å². The summed E-state index contributed by atoms with van der Waals surface area (Å²) in [7, 11) is 1.59. The maximum atomic E-state index is 12.5. The molecule has 0 saturated carbocycles. The Labute approximate surface area is 93.4 Å². The molecule has 1 N–H and O–H groups in total. The van der Waals surface area contributed by atoms with E-state index in [9.17, 15) is 22.0 Å². The van der Waals surface area contributed by atoms with Crippen molar-refractivity contribution in [2.75, 3.05) is 7.11 Å². The van der Waals surface area contributed by atoms with Crippen molar-refractivity contribution in [1.29, 1.82) is 0 Å². The quantitative estimate of drug-likeness (QED) is 0.841. The molecule has 0 bridgehead atoms. The lowest BCUT2D eigenvalue weighted by Gasteiger charge is -2.07. The smallest absolute Gasteiger partial charge is 0.272 e. The van der Waals surface area contributed by atoms with Crippen molar-refractivity contribution < 1.29 is 21.9 Å². The summed E-state index contributed by atoms with van der Waals surface area (Å²) < 4.78 is 51.3. The molecule has 9 heteroatoms. The van der Waals surface area contributed by atoms with E-state index in [4.69, 9.17) is 10.7 Å². The number of alkyl halides is 2. The predicted molar refractivity (Wildman–Crippen MR) is 51.6 cm³/mol. The summed E-state index contributed by atoms with van der Waals surface area (Å²) in [4.78, 5) is 12.6. The third kappa shape index (κ3) is 2.33. The number of methoxy groups -OCH3 is 1. The normalized spacial score (nSPS) is 11.8. The molecular weight excluding hydrogens is 268 g/mol. The lowest BCUT2D eigenvalue weighted by molar-refractivity contribution is 0.144. The Morgan fingerprint density at radius 2 is 2.06 bits per heavy atom. The van der Waals surface area contributed by atoms with Gasteiger partial charge in [-0.05, 0) is 0 Å². The molecule has 0 spiro atoms. The fourth-order valence-corrected chi connectivity index (χ4v) is 1.93. The lowest BCUT2D eigenvalue weighted by Crippen LogP contribution is -2.18. The summed E-state index contributed by atoms with van der Waals surface area (Å²) in [6.45, 7) is 0. The van der Waals surface area contributed by atoms with E-state index in [0.717, 1.165) is 7.11 Å². The molecule has 0 aliphatic carbocycles. The number of hydrogen-bond acceptors (Lipinski definition) is 4. The van der Waals surface area contributed by atoms with Gasteiger partial charge in [0, 0.05) is 16.9 Å². The van der Waals surface area contributed by atoms with Crippen LogP contribution in [0.25, 0.3) is 0 Å². The maximum Gasteiger partial charge on any atom is 0.272 e. The summed E-state index contributed by atoms with van der Waals surface area (Å²) in [6, 6.07) is 0. The van der Waals surface area contributed by atoms with E-state index in [1.54, 1.807) is 0 Å².